The van der Waals surface area contributed by atoms with Gasteiger partial charge in [0, 0.05) is 37.5 Å². The first kappa shape index (κ1) is 12.8. The number of benzene rings is 1. The molecule has 0 unspecified atom stereocenters. The van der Waals surface area contributed by atoms with Crippen molar-refractivity contribution < 1.29 is 4.39 Å². The summed E-state index contributed by atoms with van der Waals surface area (Å²) in [6, 6.07) is 4.67. The van der Waals surface area contributed by atoms with Crippen molar-refractivity contribution >= 4 is 5.84 Å². The lowest BCUT2D eigenvalue weighted by Gasteiger charge is -2.17. The molecule has 2 aromatic rings. The fourth-order valence-electron chi connectivity index (χ4n) is 2.72. The van der Waals surface area contributed by atoms with Gasteiger partial charge in [-0.2, -0.15) is 5.10 Å². The third-order valence-electron chi connectivity index (χ3n) is 3.69. The van der Waals surface area contributed by atoms with Gasteiger partial charge in [-0.15, -0.1) is 0 Å². The number of hydrogen-bond acceptors (Lipinski definition) is 2. The average Bonchev–Trinajstić information content (AvgIpc) is 2.92. The molecule has 1 aliphatic heterocycles. The number of rotatable bonds is 3. The van der Waals surface area contributed by atoms with Crippen molar-refractivity contribution in [3.05, 3.63) is 52.6 Å². The third kappa shape index (κ3) is 2.09. The Bertz CT molecular complexity index is 675. The van der Waals surface area contributed by atoms with Gasteiger partial charge in [0.25, 0.3) is 0 Å². The van der Waals surface area contributed by atoms with Gasteiger partial charge < -0.3 is 4.90 Å². The Morgan fingerprint density at radius 1 is 1.40 bits per heavy atom. The molecular weight excluding hydrogens is 255 g/mol. The Labute approximate surface area is 117 Å². The van der Waals surface area contributed by atoms with Crippen LogP contribution in [0.5, 0.6) is 0 Å². The topological polar surface area (TPSA) is 44.9 Å². The lowest BCUT2D eigenvalue weighted by Crippen LogP contribution is -2.23. The maximum absolute atomic E-state index is 13.3. The molecule has 0 amide bonds. The molecule has 0 spiro atoms. The van der Waals surface area contributed by atoms with Crippen LogP contribution in [0, 0.1) is 11.2 Å². The molecule has 0 fully saturated rings. The Balaban J connectivity index is 1.85. The maximum atomic E-state index is 13.3. The molecule has 0 atom stereocenters. The van der Waals surface area contributed by atoms with Gasteiger partial charge in [-0.3, -0.25) is 10.1 Å². The minimum atomic E-state index is -0.286. The minimum Gasteiger partial charge on any atom is -0.348 e. The van der Waals surface area contributed by atoms with Crippen LogP contribution in [0.3, 0.4) is 0 Å². The second-order valence-electron chi connectivity index (χ2n) is 5.13. The van der Waals surface area contributed by atoms with Crippen molar-refractivity contribution in [1.82, 2.24) is 14.7 Å². The highest BCUT2D eigenvalue weighted by Gasteiger charge is 2.25. The van der Waals surface area contributed by atoms with Crippen molar-refractivity contribution in [3.8, 4) is 0 Å². The van der Waals surface area contributed by atoms with Gasteiger partial charge in [0.05, 0.1) is 5.69 Å². The highest BCUT2D eigenvalue weighted by Crippen LogP contribution is 2.25. The van der Waals surface area contributed by atoms with Crippen molar-refractivity contribution in [2.24, 2.45) is 7.05 Å². The highest BCUT2D eigenvalue weighted by atomic mass is 19.1. The number of fused-ring (bicyclic) bond motifs is 1. The van der Waals surface area contributed by atoms with E-state index in [1.807, 2.05) is 18.1 Å². The lowest BCUT2D eigenvalue weighted by molar-refractivity contribution is 0.420. The van der Waals surface area contributed by atoms with Crippen LogP contribution >= 0.6 is 0 Å². The Kier molecular flexibility index (Phi) is 3.04. The predicted molar refractivity (Wildman–Crippen MR) is 75.1 cm³/mol. The van der Waals surface area contributed by atoms with Gasteiger partial charge in [0.15, 0.2) is 0 Å². The van der Waals surface area contributed by atoms with E-state index >= 15 is 0 Å². The van der Waals surface area contributed by atoms with Gasteiger partial charge in [-0.05, 0) is 24.1 Å². The monoisotopic (exact) mass is 272 g/mol. The molecule has 3 rings (SSSR count). The first-order valence-corrected chi connectivity index (χ1v) is 6.72. The molecule has 1 aromatic carbocycles. The van der Waals surface area contributed by atoms with Crippen LogP contribution in [0.25, 0.3) is 0 Å². The molecule has 0 saturated carbocycles. The molecule has 4 nitrogen and oxygen atoms in total. The lowest BCUT2D eigenvalue weighted by atomic mass is 10.1. The average molecular weight is 272 g/mol. The molecule has 20 heavy (non-hydrogen) atoms. The molecule has 2 heterocycles. The van der Waals surface area contributed by atoms with E-state index in [1.54, 1.807) is 10.7 Å². The number of aryl methyl sites for hydroxylation is 2. The van der Waals surface area contributed by atoms with E-state index in [4.69, 9.17) is 5.41 Å². The summed E-state index contributed by atoms with van der Waals surface area (Å²) in [7, 11) is 1.90. The molecule has 0 radical (unpaired) electrons. The second kappa shape index (κ2) is 4.74. The van der Waals surface area contributed by atoms with Crippen LogP contribution in [0.4, 0.5) is 4.39 Å². The van der Waals surface area contributed by atoms with Gasteiger partial charge in [0.1, 0.15) is 11.7 Å². The van der Waals surface area contributed by atoms with Crippen molar-refractivity contribution in [3.63, 3.8) is 0 Å². The smallest absolute Gasteiger partial charge is 0.129 e. The second-order valence-corrected chi connectivity index (χ2v) is 5.13. The van der Waals surface area contributed by atoms with E-state index in [0.29, 0.717) is 24.5 Å². The highest BCUT2D eigenvalue weighted by molar-refractivity contribution is 6.00. The molecule has 104 valence electrons. The number of hydrogen-bond donors (Lipinski definition) is 1. The predicted octanol–water partition coefficient (Wildman–Crippen LogP) is 2.46. The summed E-state index contributed by atoms with van der Waals surface area (Å²) in [6.45, 7) is 3.38. The zero-order chi connectivity index (χ0) is 14.3. The molecule has 1 N–H and O–H groups in total. The molecule has 1 aliphatic rings. The molecule has 0 bridgehead atoms. The number of nitrogens with zero attached hydrogens (tertiary/aromatic N) is 3. The van der Waals surface area contributed by atoms with E-state index in [2.05, 4.69) is 12.0 Å². The summed E-state index contributed by atoms with van der Waals surface area (Å²) in [5.74, 6) is 0.108. The molecule has 0 aliphatic carbocycles. The molecule has 0 saturated heterocycles. The van der Waals surface area contributed by atoms with Crippen molar-refractivity contribution in [2.75, 3.05) is 0 Å². The summed E-state index contributed by atoms with van der Waals surface area (Å²) in [5.41, 5.74) is 3.90. The summed E-state index contributed by atoms with van der Waals surface area (Å²) in [5, 5.41) is 12.6. The van der Waals surface area contributed by atoms with Crippen LogP contribution in [0.1, 0.15) is 29.3 Å². The third-order valence-corrected chi connectivity index (χ3v) is 3.69. The first-order chi connectivity index (χ1) is 9.58. The van der Waals surface area contributed by atoms with Gasteiger partial charge in [0.2, 0.25) is 0 Å². The van der Waals surface area contributed by atoms with Crippen molar-refractivity contribution in [2.45, 2.75) is 26.4 Å². The van der Waals surface area contributed by atoms with Gasteiger partial charge in [-0.1, -0.05) is 13.0 Å². The Morgan fingerprint density at radius 2 is 2.20 bits per heavy atom. The van der Waals surface area contributed by atoms with E-state index in [9.17, 15) is 4.39 Å². The fraction of sp³-hybridized carbons (Fsp3) is 0.333. The quantitative estimate of drug-likeness (QED) is 0.933. The van der Waals surface area contributed by atoms with Crippen LogP contribution in [0.15, 0.2) is 24.4 Å². The summed E-state index contributed by atoms with van der Waals surface area (Å²) in [6.07, 6.45) is 2.87. The van der Waals surface area contributed by atoms with Crippen LogP contribution in [-0.4, -0.2) is 20.5 Å². The molecular formula is C15H17FN4. The van der Waals surface area contributed by atoms with Crippen LogP contribution in [-0.2, 0) is 26.6 Å². The molecule has 1 aromatic heterocycles. The number of amidine groups is 1. The molecule has 5 heteroatoms. The maximum Gasteiger partial charge on any atom is 0.129 e. The zero-order valence-electron chi connectivity index (χ0n) is 11.7. The Hall–Kier alpha value is -2.17. The van der Waals surface area contributed by atoms with Gasteiger partial charge >= 0.3 is 0 Å². The van der Waals surface area contributed by atoms with E-state index < -0.39 is 0 Å². The zero-order valence-corrected chi connectivity index (χ0v) is 11.7. The fourth-order valence-corrected chi connectivity index (χ4v) is 2.72. The standard InChI is InChI=1S/C15H17FN4/c1-3-14-11(7-19(2)18-14)9-20-8-10-4-5-12(16)6-13(10)15(20)17/h4-7,17H,3,8-9H2,1-2H3. The number of halogens is 1. The van der Waals surface area contributed by atoms with Crippen LogP contribution in [0.2, 0.25) is 0 Å². The van der Waals surface area contributed by atoms with E-state index in [0.717, 1.165) is 23.2 Å². The van der Waals surface area contributed by atoms with Crippen LogP contribution < -0.4 is 0 Å². The Morgan fingerprint density at radius 3 is 2.95 bits per heavy atom. The van der Waals surface area contributed by atoms with E-state index in [-0.39, 0.29) is 5.82 Å². The minimum absolute atomic E-state index is 0.286. The summed E-state index contributed by atoms with van der Waals surface area (Å²) in [4.78, 5) is 1.96. The number of aromatic nitrogens is 2. The van der Waals surface area contributed by atoms with Gasteiger partial charge in [-0.25, -0.2) is 4.39 Å². The SMILES string of the molecule is CCc1nn(C)cc1CN1Cc2ccc(F)cc2C1=N. The summed E-state index contributed by atoms with van der Waals surface area (Å²) < 4.78 is 15.1. The summed E-state index contributed by atoms with van der Waals surface area (Å²) >= 11 is 0. The van der Waals surface area contributed by atoms with E-state index in [1.165, 1.54) is 12.1 Å². The first-order valence-electron chi connectivity index (χ1n) is 6.72. The normalized spacial score (nSPS) is 13.9. The van der Waals surface area contributed by atoms with Crippen molar-refractivity contribution in [1.29, 1.82) is 5.41 Å². The number of nitrogens with one attached hydrogen (secondary N) is 1. The largest absolute Gasteiger partial charge is 0.348 e.